The highest BCUT2D eigenvalue weighted by Crippen LogP contribution is 2.29. The Hall–Kier alpha value is -0.660. The highest BCUT2D eigenvalue weighted by atomic mass is 79.9. The Kier molecular flexibility index (Phi) is 4.95. The van der Waals surface area contributed by atoms with Gasteiger partial charge < -0.3 is 4.90 Å². The van der Waals surface area contributed by atoms with Crippen LogP contribution < -0.4 is 0 Å². The summed E-state index contributed by atoms with van der Waals surface area (Å²) in [5.74, 6) is -1.60. The average molecular weight is 399 g/mol. The molecule has 1 heterocycles. The topological polar surface area (TPSA) is 54.5 Å². The molecule has 0 aromatic heterocycles. The van der Waals surface area contributed by atoms with E-state index >= 15 is 0 Å². The molecule has 2 rings (SSSR count). The van der Waals surface area contributed by atoms with E-state index in [-0.39, 0.29) is 11.6 Å². The molecule has 1 aromatic carbocycles. The van der Waals surface area contributed by atoms with Crippen molar-refractivity contribution in [3.63, 3.8) is 0 Å². The van der Waals surface area contributed by atoms with Crippen molar-refractivity contribution in [2.45, 2.75) is 37.1 Å². The molecule has 0 radical (unpaired) electrons. The van der Waals surface area contributed by atoms with Crippen molar-refractivity contribution in [1.82, 2.24) is 4.90 Å². The number of hydrogen-bond donors (Lipinski definition) is 0. The lowest BCUT2D eigenvalue weighted by Crippen LogP contribution is -2.35. The molecule has 1 aromatic rings. The van der Waals surface area contributed by atoms with Gasteiger partial charge in [0.25, 0.3) is 15.0 Å². The average Bonchev–Trinajstić information content (AvgIpc) is 2.87. The fraction of sp³-hybridized carbons (Fsp3) is 0.462. The zero-order valence-corrected chi connectivity index (χ0v) is 14.4. The third-order valence-electron chi connectivity index (χ3n) is 3.61. The van der Waals surface area contributed by atoms with Crippen LogP contribution in [0.5, 0.6) is 0 Å². The molecule has 0 aliphatic carbocycles. The lowest BCUT2D eigenvalue weighted by Gasteiger charge is -2.24. The third kappa shape index (κ3) is 3.40. The van der Waals surface area contributed by atoms with Crippen LogP contribution in [0.25, 0.3) is 0 Å². The van der Waals surface area contributed by atoms with Crippen LogP contribution in [0.1, 0.15) is 36.5 Å². The van der Waals surface area contributed by atoms with Crippen molar-refractivity contribution in [1.29, 1.82) is 0 Å². The molecule has 0 bridgehead atoms. The molecular weight excluding hydrogens is 385 g/mol. The van der Waals surface area contributed by atoms with Gasteiger partial charge in [-0.25, -0.2) is 12.8 Å². The van der Waals surface area contributed by atoms with Crippen LogP contribution in [0.2, 0.25) is 0 Å². The van der Waals surface area contributed by atoms with Gasteiger partial charge in [-0.05, 0) is 31.4 Å². The fourth-order valence-electron chi connectivity index (χ4n) is 2.58. The highest BCUT2D eigenvalue weighted by molar-refractivity contribution is 9.10. The first kappa shape index (κ1) is 16.7. The molecule has 0 N–H and O–H groups in total. The number of carbonyl (C=O) groups excluding carboxylic acids is 1. The van der Waals surface area contributed by atoms with Crippen molar-refractivity contribution in [2.24, 2.45) is 0 Å². The van der Waals surface area contributed by atoms with E-state index in [9.17, 15) is 17.6 Å². The zero-order chi connectivity index (χ0) is 15.8. The molecule has 1 saturated heterocycles. The first-order chi connectivity index (χ1) is 9.75. The first-order valence-electron chi connectivity index (χ1n) is 6.50. The predicted molar refractivity (Wildman–Crippen MR) is 81.5 cm³/mol. The molecule has 1 unspecified atom stereocenters. The summed E-state index contributed by atoms with van der Waals surface area (Å²) in [4.78, 5) is 13.4. The van der Waals surface area contributed by atoms with Crippen molar-refractivity contribution >= 4 is 41.6 Å². The van der Waals surface area contributed by atoms with Gasteiger partial charge in [-0.1, -0.05) is 22.9 Å². The second kappa shape index (κ2) is 6.22. The maximum atomic E-state index is 14.4. The molecule has 0 saturated carbocycles. The smallest absolute Gasteiger partial charge is 0.264 e. The SMILES string of the molecule is CCC1CCCN1C(=O)c1cc(Br)cc(S(=O)(=O)Cl)c1F. The molecule has 1 aliphatic heterocycles. The van der Waals surface area contributed by atoms with Crippen LogP contribution in [-0.2, 0) is 9.05 Å². The number of carbonyl (C=O) groups is 1. The van der Waals surface area contributed by atoms with Crippen molar-refractivity contribution in [2.75, 3.05) is 6.54 Å². The van der Waals surface area contributed by atoms with E-state index < -0.39 is 25.7 Å². The summed E-state index contributed by atoms with van der Waals surface area (Å²) < 4.78 is 37.4. The maximum absolute atomic E-state index is 14.4. The Balaban J connectivity index is 2.49. The number of hydrogen-bond acceptors (Lipinski definition) is 3. The minimum absolute atomic E-state index is 0.0620. The second-order valence-electron chi connectivity index (χ2n) is 4.91. The Morgan fingerprint density at radius 1 is 1.52 bits per heavy atom. The summed E-state index contributed by atoms with van der Waals surface area (Å²) >= 11 is 3.09. The fourth-order valence-corrected chi connectivity index (χ4v) is 4.12. The first-order valence-corrected chi connectivity index (χ1v) is 9.60. The number of rotatable bonds is 3. The van der Waals surface area contributed by atoms with Gasteiger partial charge in [0.1, 0.15) is 4.90 Å². The maximum Gasteiger partial charge on any atom is 0.264 e. The predicted octanol–water partition coefficient (Wildman–Crippen LogP) is 3.53. The normalized spacial score (nSPS) is 19.0. The second-order valence-corrected chi connectivity index (χ2v) is 8.36. The largest absolute Gasteiger partial charge is 0.336 e. The van der Waals surface area contributed by atoms with Crippen LogP contribution >= 0.6 is 26.6 Å². The number of halogens is 3. The van der Waals surface area contributed by atoms with Crippen LogP contribution in [0.15, 0.2) is 21.5 Å². The monoisotopic (exact) mass is 397 g/mol. The van der Waals surface area contributed by atoms with Crippen molar-refractivity contribution in [3.05, 3.63) is 28.0 Å². The number of likely N-dealkylation sites (tertiary alicyclic amines) is 1. The van der Waals surface area contributed by atoms with E-state index in [1.54, 1.807) is 4.90 Å². The molecule has 1 atom stereocenters. The van der Waals surface area contributed by atoms with Crippen molar-refractivity contribution < 1.29 is 17.6 Å². The summed E-state index contributed by atoms with van der Waals surface area (Å²) in [6.45, 7) is 2.51. The molecular formula is C13H14BrClFNO3S. The molecule has 0 spiro atoms. The Bertz CT molecular complexity index is 680. The van der Waals surface area contributed by atoms with E-state index in [4.69, 9.17) is 10.7 Å². The van der Waals surface area contributed by atoms with E-state index in [2.05, 4.69) is 15.9 Å². The van der Waals surface area contributed by atoms with Crippen LogP contribution in [-0.4, -0.2) is 31.8 Å². The highest BCUT2D eigenvalue weighted by Gasteiger charge is 2.31. The minimum atomic E-state index is -4.26. The molecule has 1 fully saturated rings. The molecule has 21 heavy (non-hydrogen) atoms. The molecule has 1 amide bonds. The van der Waals surface area contributed by atoms with Crippen LogP contribution in [0.3, 0.4) is 0 Å². The Labute approximate surface area is 135 Å². The van der Waals surface area contributed by atoms with E-state index in [1.807, 2.05) is 6.92 Å². The van der Waals surface area contributed by atoms with E-state index in [0.717, 1.165) is 25.3 Å². The Morgan fingerprint density at radius 2 is 2.19 bits per heavy atom. The summed E-state index contributed by atoms with van der Waals surface area (Å²) in [6, 6.07) is 2.40. The summed E-state index contributed by atoms with van der Waals surface area (Å²) in [7, 11) is 0.956. The van der Waals surface area contributed by atoms with Gasteiger partial charge in [0.15, 0.2) is 5.82 Å². The molecule has 1 aliphatic rings. The summed E-state index contributed by atoms with van der Waals surface area (Å²) in [6.07, 6.45) is 2.51. The van der Waals surface area contributed by atoms with Gasteiger partial charge in [0, 0.05) is 27.7 Å². The molecule has 4 nitrogen and oxygen atoms in total. The Morgan fingerprint density at radius 3 is 2.76 bits per heavy atom. The van der Waals surface area contributed by atoms with Gasteiger partial charge in [0.2, 0.25) is 0 Å². The summed E-state index contributed by atoms with van der Waals surface area (Å²) in [5, 5.41) is 0. The van der Waals surface area contributed by atoms with Crippen LogP contribution in [0.4, 0.5) is 4.39 Å². The van der Waals surface area contributed by atoms with Gasteiger partial charge in [-0.3, -0.25) is 4.79 Å². The lowest BCUT2D eigenvalue weighted by molar-refractivity contribution is 0.0728. The number of nitrogens with zero attached hydrogens (tertiary/aromatic N) is 1. The standard InChI is InChI=1S/C13H14BrClFNO3S/c1-2-9-4-3-5-17(9)13(18)10-6-8(14)7-11(12(10)16)21(15,19)20/h6-7,9H,2-5H2,1H3. The number of amides is 1. The minimum Gasteiger partial charge on any atom is -0.336 e. The van der Waals surface area contributed by atoms with Gasteiger partial charge >= 0.3 is 0 Å². The van der Waals surface area contributed by atoms with Crippen LogP contribution in [0, 0.1) is 5.82 Å². The van der Waals surface area contributed by atoms with E-state index in [1.165, 1.54) is 6.07 Å². The number of benzene rings is 1. The molecule has 8 heteroatoms. The van der Waals surface area contributed by atoms with Gasteiger partial charge in [-0.2, -0.15) is 0 Å². The third-order valence-corrected chi connectivity index (χ3v) is 5.39. The molecule has 116 valence electrons. The summed E-state index contributed by atoms with van der Waals surface area (Å²) in [5.41, 5.74) is -0.274. The van der Waals surface area contributed by atoms with Crippen molar-refractivity contribution in [3.8, 4) is 0 Å². The van der Waals surface area contributed by atoms with Gasteiger partial charge in [-0.15, -0.1) is 0 Å². The van der Waals surface area contributed by atoms with E-state index in [0.29, 0.717) is 11.0 Å². The van der Waals surface area contributed by atoms with Gasteiger partial charge in [0.05, 0.1) is 5.56 Å². The zero-order valence-electron chi connectivity index (χ0n) is 11.3. The quantitative estimate of drug-likeness (QED) is 0.732. The lowest BCUT2D eigenvalue weighted by atomic mass is 10.1.